The predicted molar refractivity (Wildman–Crippen MR) is 58.4 cm³/mol. The Bertz CT molecular complexity index is 171. The van der Waals surface area contributed by atoms with E-state index in [1.54, 1.807) is 7.11 Å². The van der Waals surface area contributed by atoms with Crippen LogP contribution in [0, 0.1) is 11.3 Å². The van der Waals surface area contributed by atoms with E-state index in [-0.39, 0.29) is 0 Å². The summed E-state index contributed by atoms with van der Waals surface area (Å²) in [5.74, 6) is 1.01. The largest absolute Gasteiger partial charge is 0.385 e. The van der Waals surface area contributed by atoms with Crippen LogP contribution < -0.4 is 5.32 Å². The molecule has 2 fully saturated rings. The maximum Gasteiger partial charge on any atom is 0.0462 e. The van der Waals surface area contributed by atoms with Crippen LogP contribution in [0.15, 0.2) is 0 Å². The second kappa shape index (κ2) is 4.63. The fraction of sp³-hybridized carbons (Fsp3) is 1.00. The van der Waals surface area contributed by atoms with Crippen LogP contribution in [-0.4, -0.2) is 26.8 Å². The Balaban J connectivity index is 1.82. The molecule has 1 saturated heterocycles. The fourth-order valence-corrected chi connectivity index (χ4v) is 3.22. The van der Waals surface area contributed by atoms with Crippen LogP contribution >= 0.6 is 0 Å². The third-order valence-corrected chi connectivity index (χ3v) is 4.20. The molecular weight excluding hydrogens is 174 g/mol. The molecule has 1 N–H and O–H groups in total. The highest BCUT2D eigenvalue weighted by Crippen LogP contribution is 2.45. The second-order valence-corrected chi connectivity index (χ2v) is 5.04. The van der Waals surface area contributed by atoms with Gasteiger partial charge in [0.2, 0.25) is 0 Å². The Morgan fingerprint density at radius 2 is 2.00 bits per heavy atom. The van der Waals surface area contributed by atoms with Crippen LogP contribution in [0.25, 0.3) is 0 Å². The van der Waals surface area contributed by atoms with Crippen LogP contribution in [0.2, 0.25) is 0 Å². The average Bonchev–Trinajstić information content (AvgIpc) is 2.62. The Labute approximate surface area is 87.4 Å². The Morgan fingerprint density at radius 3 is 2.50 bits per heavy atom. The topological polar surface area (TPSA) is 21.3 Å². The first-order chi connectivity index (χ1) is 6.87. The molecule has 82 valence electrons. The average molecular weight is 197 g/mol. The van der Waals surface area contributed by atoms with Gasteiger partial charge in [-0.15, -0.1) is 0 Å². The van der Waals surface area contributed by atoms with Crippen LogP contribution in [0.1, 0.15) is 38.5 Å². The van der Waals surface area contributed by atoms with Gasteiger partial charge in [0.1, 0.15) is 0 Å². The van der Waals surface area contributed by atoms with E-state index in [4.69, 9.17) is 4.74 Å². The zero-order valence-corrected chi connectivity index (χ0v) is 9.35. The van der Waals surface area contributed by atoms with Crippen molar-refractivity contribution in [1.29, 1.82) is 0 Å². The van der Waals surface area contributed by atoms with E-state index in [1.165, 1.54) is 51.6 Å². The number of ether oxygens (including phenoxy) is 1. The monoisotopic (exact) mass is 197 g/mol. The predicted octanol–water partition coefficient (Wildman–Crippen LogP) is 2.19. The summed E-state index contributed by atoms with van der Waals surface area (Å²) in [7, 11) is 1.81. The summed E-state index contributed by atoms with van der Waals surface area (Å²) in [6, 6.07) is 0. The van der Waals surface area contributed by atoms with Gasteiger partial charge in [0.25, 0.3) is 0 Å². The number of hydrogen-bond acceptors (Lipinski definition) is 2. The highest BCUT2D eigenvalue weighted by atomic mass is 16.5. The lowest BCUT2D eigenvalue weighted by atomic mass is 9.67. The maximum atomic E-state index is 5.15. The number of rotatable bonds is 5. The standard InChI is InChI=1S/C12H23NO/c1-14-8-4-7-12(9-13-10-12)11-5-2-3-6-11/h11,13H,2-10H2,1H3. The highest BCUT2D eigenvalue weighted by Gasteiger charge is 2.43. The molecule has 0 aromatic heterocycles. The molecule has 0 amide bonds. The molecule has 1 heterocycles. The van der Waals surface area contributed by atoms with E-state index in [0.717, 1.165) is 12.5 Å². The van der Waals surface area contributed by atoms with Gasteiger partial charge < -0.3 is 10.1 Å². The van der Waals surface area contributed by atoms with Crippen LogP contribution in [0.4, 0.5) is 0 Å². The number of nitrogens with one attached hydrogen (secondary N) is 1. The lowest BCUT2D eigenvalue weighted by molar-refractivity contribution is 0.0564. The van der Waals surface area contributed by atoms with Gasteiger partial charge in [0.15, 0.2) is 0 Å². The minimum Gasteiger partial charge on any atom is -0.385 e. The molecule has 0 aromatic rings. The molecule has 0 aromatic carbocycles. The Hall–Kier alpha value is -0.0800. The van der Waals surface area contributed by atoms with Crippen molar-refractivity contribution in [2.75, 3.05) is 26.8 Å². The van der Waals surface area contributed by atoms with Gasteiger partial charge in [-0.25, -0.2) is 0 Å². The SMILES string of the molecule is COCCCC1(C2CCCC2)CNC1. The molecule has 2 rings (SSSR count). The van der Waals surface area contributed by atoms with Crippen LogP contribution in [-0.2, 0) is 4.74 Å². The highest BCUT2D eigenvalue weighted by molar-refractivity contribution is 4.98. The molecule has 0 unspecified atom stereocenters. The van der Waals surface area contributed by atoms with E-state index in [0.29, 0.717) is 5.41 Å². The molecule has 1 saturated carbocycles. The van der Waals surface area contributed by atoms with Crippen molar-refractivity contribution in [2.45, 2.75) is 38.5 Å². The molecule has 0 radical (unpaired) electrons. The fourth-order valence-electron chi connectivity index (χ4n) is 3.22. The molecule has 0 atom stereocenters. The number of hydrogen-bond donors (Lipinski definition) is 1. The van der Waals surface area contributed by atoms with Gasteiger partial charge in [-0.2, -0.15) is 0 Å². The molecule has 0 spiro atoms. The molecule has 1 aliphatic carbocycles. The van der Waals surface area contributed by atoms with E-state index < -0.39 is 0 Å². The Kier molecular flexibility index (Phi) is 3.45. The molecule has 2 nitrogen and oxygen atoms in total. The van der Waals surface area contributed by atoms with Crippen molar-refractivity contribution in [3.8, 4) is 0 Å². The number of methoxy groups -OCH3 is 1. The molecule has 2 heteroatoms. The summed E-state index contributed by atoms with van der Waals surface area (Å²) >= 11 is 0. The van der Waals surface area contributed by atoms with Crippen molar-refractivity contribution in [2.24, 2.45) is 11.3 Å². The third-order valence-electron chi connectivity index (χ3n) is 4.20. The molecule has 1 aliphatic heterocycles. The van der Waals surface area contributed by atoms with Crippen molar-refractivity contribution in [3.63, 3.8) is 0 Å². The van der Waals surface area contributed by atoms with Gasteiger partial charge >= 0.3 is 0 Å². The van der Waals surface area contributed by atoms with E-state index in [1.807, 2.05) is 0 Å². The van der Waals surface area contributed by atoms with Crippen LogP contribution in [0.5, 0.6) is 0 Å². The van der Waals surface area contributed by atoms with E-state index in [2.05, 4.69) is 5.32 Å². The molecule has 2 aliphatic rings. The van der Waals surface area contributed by atoms with Crippen molar-refractivity contribution >= 4 is 0 Å². The normalized spacial score (nSPS) is 26.4. The van der Waals surface area contributed by atoms with Crippen molar-refractivity contribution in [1.82, 2.24) is 5.32 Å². The minimum atomic E-state index is 0.662. The van der Waals surface area contributed by atoms with Crippen LogP contribution in [0.3, 0.4) is 0 Å². The van der Waals surface area contributed by atoms with Gasteiger partial charge in [-0.1, -0.05) is 12.8 Å². The van der Waals surface area contributed by atoms with E-state index >= 15 is 0 Å². The first kappa shape index (κ1) is 10.4. The van der Waals surface area contributed by atoms with Gasteiger partial charge in [-0.05, 0) is 37.0 Å². The molecule has 14 heavy (non-hydrogen) atoms. The van der Waals surface area contributed by atoms with Gasteiger partial charge in [0.05, 0.1) is 0 Å². The Morgan fingerprint density at radius 1 is 1.29 bits per heavy atom. The summed E-state index contributed by atoms with van der Waals surface area (Å²) in [5, 5.41) is 3.47. The zero-order chi connectivity index (χ0) is 9.86. The summed E-state index contributed by atoms with van der Waals surface area (Å²) in [5.41, 5.74) is 0.662. The summed E-state index contributed by atoms with van der Waals surface area (Å²) in [6.07, 6.45) is 8.52. The minimum absolute atomic E-state index is 0.662. The third kappa shape index (κ3) is 1.96. The van der Waals surface area contributed by atoms with Gasteiger partial charge in [0, 0.05) is 26.8 Å². The first-order valence-corrected chi connectivity index (χ1v) is 6.07. The summed E-state index contributed by atoms with van der Waals surface area (Å²) in [6.45, 7) is 3.47. The molecule has 0 bridgehead atoms. The zero-order valence-electron chi connectivity index (χ0n) is 9.35. The summed E-state index contributed by atoms with van der Waals surface area (Å²) in [4.78, 5) is 0. The van der Waals surface area contributed by atoms with E-state index in [9.17, 15) is 0 Å². The lowest BCUT2D eigenvalue weighted by Crippen LogP contribution is -2.57. The first-order valence-electron chi connectivity index (χ1n) is 6.07. The molecular formula is C12H23NO. The quantitative estimate of drug-likeness (QED) is 0.682. The second-order valence-electron chi connectivity index (χ2n) is 5.04. The van der Waals surface area contributed by atoms with Gasteiger partial charge in [-0.3, -0.25) is 0 Å². The smallest absolute Gasteiger partial charge is 0.0462 e. The van der Waals surface area contributed by atoms with Crippen molar-refractivity contribution < 1.29 is 4.74 Å². The lowest BCUT2D eigenvalue weighted by Gasteiger charge is -2.47. The van der Waals surface area contributed by atoms with Crippen molar-refractivity contribution in [3.05, 3.63) is 0 Å². The maximum absolute atomic E-state index is 5.15. The summed E-state index contributed by atoms with van der Waals surface area (Å²) < 4.78 is 5.15.